The molecule has 2 N–H and O–H groups in total. The van der Waals surface area contributed by atoms with E-state index in [2.05, 4.69) is 30.4 Å². The summed E-state index contributed by atoms with van der Waals surface area (Å²) < 4.78 is 5.41. The van der Waals surface area contributed by atoms with Crippen molar-refractivity contribution in [3.63, 3.8) is 0 Å². The Morgan fingerprint density at radius 3 is 3.00 bits per heavy atom. The van der Waals surface area contributed by atoms with Crippen molar-refractivity contribution in [2.24, 2.45) is 0 Å². The van der Waals surface area contributed by atoms with Crippen LogP contribution in [0.5, 0.6) is 0 Å². The van der Waals surface area contributed by atoms with E-state index in [-0.39, 0.29) is 11.9 Å². The number of carbonyl (C=O) groups excluding carboxylic acids is 1. The fourth-order valence-electron chi connectivity index (χ4n) is 2.70. The first-order valence-electron chi connectivity index (χ1n) is 8.25. The molecule has 0 aliphatic carbocycles. The smallest absolute Gasteiger partial charge is 0.242 e. The lowest BCUT2D eigenvalue weighted by Gasteiger charge is -2.33. The van der Waals surface area contributed by atoms with Crippen LogP contribution in [0.4, 0.5) is 0 Å². The standard InChI is InChI=1S/C16H22N6O2S/c1-12-19-16(21-20-12)25-10-5-18-15(23)14(13-3-2-4-17-11-13)22-6-8-24-9-7-22/h2-4,11,14H,5-10H2,1H3,(H,18,23)(H,19,20,21). The van der Waals surface area contributed by atoms with Gasteiger partial charge in [0.15, 0.2) is 0 Å². The van der Waals surface area contributed by atoms with Gasteiger partial charge in [-0.1, -0.05) is 17.8 Å². The molecule has 1 fully saturated rings. The topological polar surface area (TPSA) is 96.0 Å². The lowest BCUT2D eigenvalue weighted by molar-refractivity contribution is -0.128. The van der Waals surface area contributed by atoms with Crippen LogP contribution < -0.4 is 5.32 Å². The van der Waals surface area contributed by atoms with E-state index in [9.17, 15) is 4.79 Å². The first-order valence-corrected chi connectivity index (χ1v) is 9.24. The van der Waals surface area contributed by atoms with Crippen molar-refractivity contribution in [3.05, 3.63) is 35.9 Å². The van der Waals surface area contributed by atoms with Crippen molar-refractivity contribution in [3.8, 4) is 0 Å². The molecule has 1 atom stereocenters. The van der Waals surface area contributed by atoms with Crippen molar-refractivity contribution >= 4 is 17.7 Å². The number of pyridine rings is 1. The van der Waals surface area contributed by atoms with Gasteiger partial charge >= 0.3 is 0 Å². The van der Waals surface area contributed by atoms with Crippen molar-refractivity contribution < 1.29 is 9.53 Å². The predicted octanol–water partition coefficient (Wildman–Crippen LogP) is 0.790. The third-order valence-electron chi connectivity index (χ3n) is 3.87. The van der Waals surface area contributed by atoms with Crippen LogP contribution in [0, 0.1) is 6.92 Å². The summed E-state index contributed by atoms with van der Waals surface area (Å²) in [7, 11) is 0. The van der Waals surface area contributed by atoms with Gasteiger partial charge in [0, 0.05) is 37.8 Å². The van der Waals surface area contributed by atoms with E-state index in [4.69, 9.17) is 4.74 Å². The monoisotopic (exact) mass is 362 g/mol. The Labute approximate surface area is 150 Å². The second kappa shape index (κ2) is 8.93. The molecule has 9 heteroatoms. The Morgan fingerprint density at radius 1 is 1.48 bits per heavy atom. The summed E-state index contributed by atoms with van der Waals surface area (Å²) in [6, 6.07) is 3.46. The van der Waals surface area contributed by atoms with Gasteiger partial charge in [-0.15, -0.1) is 5.10 Å². The highest BCUT2D eigenvalue weighted by Gasteiger charge is 2.28. The molecule has 2 aromatic heterocycles. The molecule has 0 radical (unpaired) electrons. The Morgan fingerprint density at radius 2 is 2.32 bits per heavy atom. The number of ether oxygens (including phenoxy) is 1. The zero-order valence-corrected chi connectivity index (χ0v) is 15.0. The number of carbonyl (C=O) groups is 1. The molecule has 2 aromatic rings. The minimum absolute atomic E-state index is 0.0123. The van der Waals surface area contributed by atoms with E-state index in [1.54, 1.807) is 12.4 Å². The largest absolute Gasteiger partial charge is 0.379 e. The van der Waals surface area contributed by atoms with E-state index in [0.29, 0.717) is 30.7 Å². The number of hydrogen-bond donors (Lipinski definition) is 2. The van der Waals surface area contributed by atoms with E-state index >= 15 is 0 Å². The van der Waals surface area contributed by atoms with Crippen molar-refractivity contribution in [2.45, 2.75) is 18.1 Å². The fraction of sp³-hybridized carbons (Fsp3) is 0.500. The van der Waals surface area contributed by atoms with E-state index in [1.165, 1.54) is 11.8 Å². The molecule has 0 bridgehead atoms. The maximum Gasteiger partial charge on any atom is 0.242 e. The molecule has 3 heterocycles. The molecule has 1 aliphatic rings. The third-order valence-corrected chi connectivity index (χ3v) is 4.72. The van der Waals surface area contributed by atoms with E-state index < -0.39 is 0 Å². The highest BCUT2D eigenvalue weighted by atomic mass is 32.2. The number of nitrogens with one attached hydrogen (secondary N) is 2. The first kappa shape index (κ1) is 17.8. The second-order valence-electron chi connectivity index (χ2n) is 5.68. The van der Waals surface area contributed by atoms with Gasteiger partial charge in [-0.2, -0.15) is 0 Å². The molecule has 0 aromatic carbocycles. The second-order valence-corrected chi connectivity index (χ2v) is 6.74. The molecule has 134 valence electrons. The highest BCUT2D eigenvalue weighted by Crippen LogP contribution is 2.21. The SMILES string of the molecule is Cc1nc(SCCNC(=O)C(c2cccnc2)N2CCOCC2)n[nH]1. The van der Waals surface area contributed by atoms with Crippen LogP contribution in [0.15, 0.2) is 29.7 Å². The average Bonchev–Trinajstić information content (AvgIpc) is 3.06. The van der Waals surface area contributed by atoms with Gasteiger partial charge in [0.1, 0.15) is 11.9 Å². The van der Waals surface area contributed by atoms with E-state index in [1.807, 2.05) is 19.1 Å². The van der Waals surface area contributed by atoms with Gasteiger partial charge < -0.3 is 10.1 Å². The van der Waals surface area contributed by atoms with Crippen LogP contribution in [0.25, 0.3) is 0 Å². The summed E-state index contributed by atoms with van der Waals surface area (Å²) in [6.45, 7) is 5.17. The highest BCUT2D eigenvalue weighted by molar-refractivity contribution is 7.99. The van der Waals surface area contributed by atoms with E-state index in [0.717, 1.165) is 24.5 Å². The number of rotatable bonds is 7. The van der Waals surface area contributed by atoms with Gasteiger partial charge in [0.25, 0.3) is 0 Å². The number of hydrogen-bond acceptors (Lipinski definition) is 7. The molecule has 1 aliphatic heterocycles. The molecular weight excluding hydrogens is 340 g/mol. The summed E-state index contributed by atoms with van der Waals surface area (Å²) in [5, 5.41) is 10.6. The summed E-state index contributed by atoms with van der Waals surface area (Å²) >= 11 is 1.51. The summed E-state index contributed by atoms with van der Waals surface area (Å²) in [5.41, 5.74) is 0.902. The fourth-order valence-corrected chi connectivity index (χ4v) is 3.40. The van der Waals surface area contributed by atoms with Crippen LogP contribution in [0.3, 0.4) is 0 Å². The average molecular weight is 362 g/mol. The molecule has 8 nitrogen and oxygen atoms in total. The third kappa shape index (κ3) is 5.00. The van der Waals surface area contributed by atoms with Crippen LogP contribution in [0.2, 0.25) is 0 Å². The van der Waals surface area contributed by atoms with Crippen molar-refractivity contribution in [1.82, 2.24) is 30.4 Å². The first-order chi connectivity index (χ1) is 12.2. The quantitative estimate of drug-likeness (QED) is 0.555. The van der Waals surface area contributed by atoms with Gasteiger partial charge in [-0.25, -0.2) is 4.98 Å². The summed E-state index contributed by atoms with van der Waals surface area (Å²) in [4.78, 5) is 23.3. The Kier molecular flexibility index (Phi) is 6.37. The zero-order chi connectivity index (χ0) is 17.5. The van der Waals surface area contributed by atoms with Crippen molar-refractivity contribution in [1.29, 1.82) is 0 Å². The van der Waals surface area contributed by atoms with Gasteiger partial charge in [-0.05, 0) is 18.6 Å². The Bertz CT molecular complexity index is 674. The Hall–Kier alpha value is -1.97. The van der Waals surface area contributed by atoms with Crippen LogP contribution in [-0.4, -0.2) is 69.6 Å². The van der Waals surface area contributed by atoms with Crippen LogP contribution >= 0.6 is 11.8 Å². The predicted molar refractivity (Wildman–Crippen MR) is 94.2 cm³/mol. The van der Waals surface area contributed by atoms with Gasteiger partial charge in [-0.3, -0.25) is 19.8 Å². The van der Waals surface area contributed by atoms with Crippen LogP contribution in [0.1, 0.15) is 17.4 Å². The molecule has 1 unspecified atom stereocenters. The maximum atomic E-state index is 12.8. The summed E-state index contributed by atoms with van der Waals surface area (Å²) in [6.07, 6.45) is 3.47. The lowest BCUT2D eigenvalue weighted by Crippen LogP contribution is -2.46. The maximum absolute atomic E-state index is 12.8. The zero-order valence-electron chi connectivity index (χ0n) is 14.1. The Balaban J connectivity index is 1.57. The van der Waals surface area contributed by atoms with Gasteiger partial charge in [0.2, 0.25) is 11.1 Å². The number of thioether (sulfide) groups is 1. The molecule has 3 rings (SSSR count). The number of nitrogens with zero attached hydrogens (tertiary/aromatic N) is 4. The number of aromatic nitrogens is 4. The van der Waals surface area contributed by atoms with Crippen molar-refractivity contribution in [2.75, 3.05) is 38.6 Å². The number of aromatic amines is 1. The number of morpholine rings is 1. The van der Waals surface area contributed by atoms with Gasteiger partial charge in [0.05, 0.1) is 13.2 Å². The molecule has 25 heavy (non-hydrogen) atoms. The molecule has 1 saturated heterocycles. The molecule has 0 saturated carbocycles. The normalized spacial score (nSPS) is 16.5. The molecule has 0 spiro atoms. The molecule has 1 amide bonds. The number of H-pyrrole nitrogens is 1. The minimum atomic E-state index is -0.339. The van der Waals surface area contributed by atoms with Crippen LogP contribution in [-0.2, 0) is 9.53 Å². The summed E-state index contributed by atoms with van der Waals surface area (Å²) in [5.74, 6) is 1.49. The lowest BCUT2D eigenvalue weighted by atomic mass is 10.1. The number of aryl methyl sites for hydroxylation is 1. The minimum Gasteiger partial charge on any atom is -0.379 e. The molecular formula is C16H22N6O2S. The number of amides is 1.